The van der Waals surface area contributed by atoms with Crippen LogP contribution >= 0.6 is 11.6 Å². The molecule has 0 fully saturated rings. The van der Waals surface area contributed by atoms with Gasteiger partial charge >= 0.3 is 0 Å². The van der Waals surface area contributed by atoms with E-state index in [1.165, 1.54) is 0 Å². The highest BCUT2D eigenvalue weighted by molar-refractivity contribution is 6.35. The third-order valence-corrected chi connectivity index (χ3v) is 4.62. The average molecular weight is 321 g/mol. The van der Waals surface area contributed by atoms with E-state index >= 15 is 0 Å². The summed E-state index contributed by atoms with van der Waals surface area (Å²) >= 11 is 6.40. The van der Waals surface area contributed by atoms with Gasteiger partial charge in [0.05, 0.1) is 5.02 Å². The molecule has 1 aromatic heterocycles. The normalized spacial score (nSPS) is 12.0. The van der Waals surface area contributed by atoms with Crippen molar-refractivity contribution in [3.05, 3.63) is 35.0 Å². The minimum absolute atomic E-state index is 0.176. The lowest BCUT2D eigenvalue weighted by atomic mass is 9.80. The number of rotatable bonds is 7. The lowest BCUT2D eigenvalue weighted by molar-refractivity contribution is 0.338. The summed E-state index contributed by atoms with van der Waals surface area (Å²) in [5.41, 5.74) is 7.42. The second-order valence-corrected chi connectivity index (χ2v) is 6.42. The van der Waals surface area contributed by atoms with E-state index in [0.29, 0.717) is 10.5 Å². The van der Waals surface area contributed by atoms with Crippen LogP contribution in [0.1, 0.15) is 57.9 Å². The summed E-state index contributed by atoms with van der Waals surface area (Å²) < 4.78 is 0. The molecule has 0 aliphatic carbocycles. The first kappa shape index (κ1) is 17.0. The van der Waals surface area contributed by atoms with E-state index in [2.05, 4.69) is 18.8 Å². The van der Waals surface area contributed by atoms with Gasteiger partial charge in [0.15, 0.2) is 0 Å². The molecule has 0 saturated heterocycles. The average Bonchev–Trinajstić information content (AvgIpc) is 2.54. The van der Waals surface area contributed by atoms with Gasteiger partial charge in [-0.15, -0.1) is 0 Å². The number of phenols is 1. The molecule has 0 radical (unpaired) electrons. The zero-order valence-electron chi connectivity index (χ0n) is 13.4. The molecule has 120 valence electrons. The quantitative estimate of drug-likeness (QED) is 0.743. The number of hydrogen-bond acceptors (Lipinski definition) is 3. The summed E-state index contributed by atoms with van der Waals surface area (Å²) in [6.45, 7) is 4.30. The van der Waals surface area contributed by atoms with Crippen LogP contribution in [-0.4, -0.2) is 10.1 Å². The van der Waals surface area contributed by atoms with E-state index in [-0.39, 0.29) is 5.75 Å². The van der Waals surface area contributed by atoms with Gasteiger partial charge in [-0.05, 0) is 31.0 Å². The fourth-order valence-corrected chi connectivity index (χ4v) is 3.21. The number of benzene rings is 1. The molecule has 1 heterocycles. The van der Waals surface area contributed by atoms with Gasteiger partial charge in [-0.3, -0.25) is 4.98 Å². The topological polar surface area (TPSA) is 59.1 Å². The largest absolute Gasteiger partial charge is 0.505 e. The number of halogens is 1. The van der Waals surface area contributed by atoms with Gasteiger partial charge in [0, 0.05) is 22.7 Å². The van der Waals surface area contributed by atoms with E-state index in [4.69, 9.17) is 17.3 Å². The first-order chi connectivity index (χ1) is 10.5. The number of aromatic hydroxyl groups is 1. The van der Waals surface area contributed by atoms with Crippen LogP contribution in [0.2, 0.25) is 5.02 Å². The molecular weight excluding hydrogens is 296 g/mol. The van der Waals surface area contributed by atoms with Crippen LogP contribution < -0.4 is 5.73 Å². The number of unbranched alkanes of at least 4 members (excludes halogenated alkanes) is 2. The van der Waals surface area contributed by atoms with Gasteiger partial charge in [-0.2, -0.15) is 0 Å². The Labute approximate surface area is 137 Å². The van der Waals surface area contributed by atoms with Crippen LogP contribution in [0.4, 0.5) is 0 Å². The maximum atomic E-state index is 10.7. The molecule has 0 saturated carbocycles. The first-order valence-electron chi connectivity index (χ1n) is 8.09. The van der Waals surface area contributed by atoms with Crippen molar-refractivity contribution >= 4 is 22.5 Å². The maximum Gasteiger partial charge on any atom is 0.146 e. The van der Waals surface area contributed by atoms with Crippen LogP contribution in [0, 0.1) is 0 Å². The van der Waals surface area contributed by atoms with Crippen LogP contribution in [0.25, 0.3) is 10.9 Å². The highest BCUT2D eigenvalue weighted by Gasteiger charge is 2.30. The molecule has 0 aliphatic rings. The van der Waals surface area contributed by atoms with Crippen molar-refractivity contribution in [2.75, 3.05) is 0 Å². The summed E-state index contributed by atoms with van der Waals surface area (Å²) in [6.07, 6.45) is 7.54. The van der Waals surface area contributed by atoms with Crippen molar-refractivity contribution in [3.63, 3.8) is 0 Å². The van der Waals surface area contributed by atoms with Crippen molar-refractivity contribution in [1.29, 1.82) is 0 Å². The molecule has 0 amide bonds. The molecule has 0 spiro atoms. The Morgan fingerprint density at radius 2 is 1.86 bits per heavy atom. The van der Waals surface area contributed by atoms with E-state index in [0.717, 1.165) is 49.5 Å². The Kier molecular flexibility index (Phi) is 5.65. The van der Waals surface area contributed by atoms with Gasteiger partial charge in [0.2, 0.25) is 0 Å². The van der Waals surface area contributed by atoms with Crippen molar-refractivity contribution < 1.29 is 5.11 Å². The molecule has 4 heteroatoms. The van der Waals surface area contributed by atoms with Crippen molar-refractivity contribution in [1.82, 2.24) is 4.98 Å². The molecule has 3 N–H and O–H groups in total. The molecular formula is C18H25ClN2O. The van der Waals surface area contributed by atoms with Crippen molar-refractivity contribution in [3.8, 4) is 5.75 Å². The summed E-state index contributed by atoms with van der Waals surface area (Å²) in [6, 6.07) is 5.51. The van der Waals surface area contributed by atoms with Gasteiger partial charge in [-0.25, -0.2) is 0 Å². The minimum atomic E-state index is -0.550. The Morgan fingerprint density at radius 1 is 1.23 bits per heavy atom. The fraction of sp³-hybridized carbons (Fsp3) is 0.500. The summed E-state index contributed by atoms with van der Waals surface area (Å²) in [4.78, 5) is 4.29. The van der Waals surface area contributed by atoms with E-state index in [9.17, 15) is 5.11 Å². The maximum absolute atomic E-state index is 10.7. The van der Waals surface area contributed by atoms with Crippen LogP contribution in [0.3, 0.4) is 0 Å². The standard InChI is InChI=1S/C18H25ClN2O/c1-3-5-9-18(20,10-6-4-2)14-12-15(19)13-8-7-11-21-16(13)17(14)22/h7-8,11-12,22H,3-6,9-10,20H2,1-2H3. The minimum Gasteiger partial charge on any atom is -0.505 e. The number of pyridine rings is 1. The Morgan fingerprint density at radius 3 is 2.45 bits per heavy atom. The number of fused-ring (bicyclic) bond motifs is 1. The highest BCUT2D eigenvalue weighted by atomic mass is 35.5. The predicted molar refractivity (Wildman–Crippen MR) is 93.3 cm³/mol. The van der Waals surface area contributed by atoms with Gasteiger partial charge in [0.25, 0.3) is 0 Å². The number of hydrogen-bond donors (Lipinski definition) is 2. The number of nitrogens with two attached hydrogens (primary N) is 1. The van der Waals surface area contributed by atoms with Crippen LogP contribution in [0.15, 0.2) is 24.4 Å². The molecule has 3 nitrogen and oxygen atoms in total. The molecule has 0 atom stereocenters. The highest BCUT2D eigenvalue weighted by Crippen LogP contribution is 2.41. The molecule has 2 rings (SSSR count). The molecule has 22 heavy (non-hydrogen) atoms. The second-order valence-electron chi connectivity index (χ2n) is 6.02. The third-order valence-electron chi connectivity index (χ3n) is 4.30. The summed E-state index contributed by atoms with van der Waals surface area (Å²) in [7, 11) is 0. The molecule has 1 aromatic carbocycles. The zero-order chi connectivity index (χ0) is 16.2. The smallest absolute Gasteiger partial charge is 0.146 e. The van der Waals surface area contributed by atoms with E-state index < -0.39 is 5.54 Å². The Bertz CT molecular complexity index is 634. The predicted octanol–water partition coefficient (Wildman–Crippen LogP) is 5.13. The van der Waals surface area contributed by atoms with Gasteiger partial charge in [-0.1, -0.05) is 51.1 Å². The van der Waals surface area contributed by atoms with E-state index in [1.807, 2.05) is 18.2 Å². The monoisotopic (exact) mass is 320 g/mol. The number of nitrogens with zero attached hydrogens (tertiary/aromatic N) is 1. The molecule has 0 aliphatic heterocycles. The van der Waals surface area contributed by atoms with E-state index in [1.54, 1.807) is 6.20 Å². The first-order valence-corrected chi connectivity index (χ1v) is 8.47. The van der Waals surface area contributed by atoms with Gasteiger partial charge in [0.1, 0.15) is 11.3 Å². The fourth-order valence-electron chi connectivity index (χ4n) is 2.95. The zero-order valence-corrected chi connectivity index (χ0v) is 14.2. The van der Waals surface area contributed by atoms with Crippen molar-refractivity contribution in [2.45, 2.75) is 57.9 Å². The summed E-state index contributed by atoms with van der Waals surface area (Å²) in [5, 5.41) is 12.1. The lowest BCUT2D eigenvalue weighted by Gasteiger charge is -2.31. The molecule has 0 bridgehead atoms. The SMILES string of the molecule is CCCCC(N)(CCCC)c1cc(Cl)c2cccnc2c1O. The Balaban J connectivity index is 2.55. The lowest BCUT2D eigenvalue weighted by Crippen LogP contribution is -2.36. The third kappa shape index (κ3) is 3.36. The summed E-state index contributed by atoms with van der Waals surface area (Å²) in [5.74, 6) is 0.176. The number of aromatic nitrogens is 1. The molecule has 2 aromatic rings. The van der Waals surface area contributed by atoms with Crippen LogP contribution in [0.5, 0.6) is 5.75 Å². The van der Waals surface area contributed by atoms with Crippen LogP contribution in [-0.2, 0) is 5.54 Å². The van der Waals surface area contributed by atoms with Crippen molar-refractivity contribution in [2.24, 2.45) is 5.73 Å². The molecule has 0 unspecified atom stereocenters. The second kappa shape index (κ2) is 7.30. The Hall–Kier alpha value is -1.32. The van der Waals surface area contributed by atoms with Gasteiger partial charge < -0.3 is 10.8 Å². The number of phenolic OH excluding ortho intramolecular Hbond substituents is 1.